The molecule has 7 nitrogen and oxygen atoms in total. The maximum Gasteiger partial charge on any atom is 0.341 e. The molecular weight excluding hydrogens is 513 g/mol. The normalized spacial score (nSPS) is 11.1. The van der Waals surface area contributed by atoms with Crippen molar-refractivity contribution in [3.63, 3.8) is 0 Å². The van der Waals surface area contributed by atoms with Gasteiger partial charge in [-0.2, -0.15) is 0 Å². The Labute approximate surface area is 223 Å². The third-order valence-corrected chi connectivity index (χ3v) is 7.29. The number of thiazole rings is 1. The molecule has 4 aromatic rings. The third kappa shape index (κ3) is 6.51. The number of carbonyl (C=O) groups excluding carboxylic acids is 1. The zero-order chi connectivity index (χ0) is 26.4. The summed E-state index contributed by atoms with van der Waals surface area (Å²) in [6.45, 7) is 4.43. The van der Waals surface area contributed by atoms with E-state index < -0.39 is 11.8 Å². The first kappa shape index (κ1) is 26.7. The van der Waals surface area contributed by atoms with Gasteiger partial charge in [0, 0.05) is 40.1 Å². The molecule has 0 unspecified atom stereocenters. The molecule has 1 aromatic carbocycles. The molecule has 194 valence electrons. The van der Waals surface area contributed by atoms with Gasteiger partial charge >= 0.3 is 5.97 Å². The van der Waals surface area contributed by atoms with Crippen LogP contribution in [0.5, 0.6) is 5.75 Å². The fraction of sp³-hybridized carbons (Fsp3) is 0.296. The van der Waals surface area contributed by atoms with Gasteiger partial charge in [-0.15, -0.1) is 22.7 Å². The number of aliphatic hydroxyl groups is 1. The molecule has 10 heteroatoms. The summed E-state index contributed by atoms with van der Waals surface area (Å²) < 4.78 is 25.2. The average molecular weight is 542 g/mol. The maximum atomic E-state index is 14.8. The van der Waals surface area contributed by atoms with Gasteiger partial charge in [-0.1, -0.05) is 19.9 Å². The van der Waals surface area contributed by atoms with Crippen LogP contribution >= 0.6 is 22.7 Å². The number of thiophene rings is 1. The first-order valence-electron chi connectivity index (χ1n) is 11.8. The van der Waals surface area contributed by atoms with Crippen molar-refractivity contribution in [1.82, 2.24) is 9.97 Å². The lowest BCUT2D eigenvalue weighted by Gasteiger charge is -2.09. The van der Waals surface area contributed by atoms with Crippen LogP contribution in [0.3, 0.4) is 0 Å². The number of nitrogens with one attached hydrogen (secondary N) is 1. The molecule has 4 rings (SSSR count). The van der Waals surface area contributed by atoms with E-state index in [1.807, 2.05) is 17.5 Å². The van der Waals surface area contributed by atoms with E-state index in [2.05, 4.69) is 24.1 Å². The molecule has 0 radical (unpaired) electrons. The van der Waals surface area contributed by atoms with Crippen molar-refractivity contribution in [3.05, 3.63) is 64.2 Å². The Morgan fingerprint density at radius 2 is 2.05 bits per heavy atom. The Balaban J connectivity index is 1.67. The van der Waals surface area contributed by atoms with Gasteiger partial charge in [-0.3, -0.25) is 0 Å². The molecule has 0 aliphatic carbocycles. The molecule has 2 N–H and O–H groups in total. The van der Waals surface area contributed by atoms with Crippen LogP contribution in [0.4, 0.5) is 15.3 Å². The molecule has 0 fully saturated rings. The molecule has 0 aliphatic heterocycles. The van der Waals surface area contributed by atoms with Crippen LogP contribution in [0.2, 0.25) is 0 Å². The van der Waals surface area contributed by atoms with Crippen LogP contribution in [0.1, 0.15) is 35.5 Å². The van der Waals surface area contributed by atoms with Crippen LogP contribution in [-0.4, -0.2) is 41.4 Å². The monoisotopic (exact) mass is 541 g/mol. The van der Waals surface area contributed by atoms with Crippen LogP contribution in [-0.2, 0) is 11.2 Å². The quantitative estimate of drug-likeness (QED) is 0.164. The van der Waals surface area contributed by atoms with E-state index >= 15 is 0 Å². The first-order chi connectivity index (χ1) is 17.9. The summed E-state index contributed by atoms with van der Waals surface area (Å²) in [7, 11) is 1.33. The number of halogens is 1. The number of hydrogen-bond acceptors (Lipinski definition) is 9. The summed E-state index contributed by atoms with van der Waals surface area (Å²) in [4.78, 5) is 23.8. The highest BCUT2D eigenvalue weighted by Gasteiger charge is 2.20. The van der Waals surface area contributed by atoms with Gasteiger partial charge in [-0.05, 0) is 48.1 Å². The predicted octanol–water partition coefficient (Wildman–Crippen LogP) is 6.56. The number of nitrogens with zero attached hydrogens (tertiary/aromatic N) is 2. The van der Waals surface area contributed by atoms with Crippen molar-refractivity contribution in [2.45, 2.75) is 26.7 Å². The Bertz CT molecular complexity index is 1360. The summed E-state index contributed by atoms with van der Waals surface area (Å²) in [6, 6.07) is 10.4. The smallest absolute Gasteiger partial charge is 0.341 e. The number of hydrogen-bond donors (Lipinski definition) is 2. The molecule has 37 heavy (non-hydrogen) atoms. The van der Waals surface area contributed by atoms with Gasteiger partial charge in [0.15, 0.2) is 16.7 Å². The van der Waals surface area contributed by atoms with Crippen LogP contribution in [0.25, 0.3) is 21.7 Å². The number of ether oxygens (including phenoxy) is 2. The van der Waals surface area contributed by atoms with E-state index in [4.69, 9.17) is 19.6 Å². The summed E-state index contributed by atoms with van der Waals surface area (Å²) in [5.41, 5.74) is 2.40. The maximum absolute atomic E-state index is 14.8. The fourth-order valence-electron chi connectivity index (χ4n) is 3.66. The van der Waals surface area contributed by atoms with E-state index in [1.165, 1.54) is 24.5 Å². The van der Waals surface area contributed by atoms with Crippen LogP contribution in [0, 0.1) is 11.7 Å². The van der Waals surface area contributed by atoms with Gasteiger partial charge in [-0.25, -0.2) is 19.2 Å². The number of benzene rings is 1. The molecular formula is C27H28FN3O4S2. The van der Waals surface area contributed by atoms with E-state index in [0.717, 1.165) is 21.7 Å². The molecule has 3 heterocycles. The summed E-state index contributed by atoms with van der Waals surface area (Å²) >= 11 is 3.00. The average Bonchev–Trinajstić information content (AvgIpc) is 3.55. The van der Waals surface area contributed by atoms with E-state index in [-0.39, 0.29) is 19.0 Å². The first-order valence-corrected chi connectivity index (χ1v) is 13.5. The number of rotatable bonds is 11. The SMILES string of the molecule is COC(=O)c1cc(-c2cccs2)cnc1Nc1nc(-c2ccc(OCCCO)c(F)c2)c(CC(C)C)s1. The molecule has 0 spiro atoms. The highest BCUT2D eigenvalue weighted by molar-refractivity contribution is 7.16. The Hall–Kier alpha value is -3.34. The standard InChI is InChI=1S/C27H28FN3O4S2/c1-16(2)12-23-24(17-7-8-21(20(28)14-17)35-10-5-9-32)30-27(37-23)31-25-19(26(33)34-3)13-18(15-29-25)22-6-4-11-36-22/h4,6-8,11,13-16,32H,5,9-10,12H2,1-3H3,(H,29,30,31). The number of methoxy groups -OCH3 is 1. The minimum Gasteiger partial charge on any atom is -0.490 e. The lowest BCUT2D eigenvalue weighted by molar-refractivity contribution is 0.0601. The minimum absolute atomic E-state index is 0.0177. The molecule has 0 atom stereocenters. The van der Waals surface area contributed by atoms with Gasteiger partial charge in [0.05, 0.1) is 19.4 Å². The van der Waals surface area contributed by atoms with Crippen molar-refractivity contribution < 1.29 is 23.8 Å². The highest BCUT2D eigenvalue weighted by atomic mass is 32.1. The summed E-state index contributed by atoms with van der Waals surface area (Å²) in [6.07, 6.45) is 2.88. The molecule has 0 saturated carbocycles. The summed E-state index contributed by atoms with van der Waals surface area (Å²) in [5.74, 6) is -0.179. The number of pyridine rings is 1. The Kier molecular flexibility index (Phi) is 8.86. The van der Waals surface area contributed by atoms with Crippen LogP contribution in [0.15, 0.2) is 48.0 Å². The van der Waals surface area contributed by atoms with Gasteiger partial charge < -0.3 is 19.9 Å². The molecule has 0 amide bonds. The second-order valence-electron chi connectivity index (χ2n) is 8.67. The number of carbonyl (C=O) groups is 1. The number of anilines is 2. The topological polar surface area (TPSA) is 93.6 Å². The van der Waals surface area contributed by atoms with E-state index in [0.29, 0.717) is 40.1 Å². The second-order valence-corrected chi connectivity index (χ2v) is 10.7. The zero-order valence-corrected chi connectivity index (χ0v) is 22.4. The molecule has 0 aliphatic rings. The minimum atomic E-state index is -0.508. The lowest BCUT2D eigenvalue weighted by atomic mass is 10.0. The van der Waals surface area contributed by atoms with Crippen molar-refractivity contribution >= 4 is 39.6 Å². The van der Waals surface area contributed by atoms with Gasteiger partial charge in [0.2, 0.25) is 0 Å². The van der Waals surface area contributed by atoms with Crippen molar-refractivity contribution in [2.75, 3.05) is 25.6 Å². The lowest BCUT2D eigenvalue weighted by Crippen LogP contribution is -2.07. The number of aromatic nitrogens is 2. The summed E-state index contributed by atoms with van der Waals surface area (Å²) in [5, 5.41) is 14.6. The van der Waals surface area contributed by atoms with Crippen LogP contribution < -0.4 is 10.1 Å². The number of esters is 1. The van der Waals surface area contributed by atoms with Gasteiger partial charge in [0.1, 0.15) is 11.4 Å². The van der Waals surface area contributed by atoms with Crippen molar-refractivity contribution in [3.8, 4) is 27.4 Å². The number of aliphatic hydroxyl groups excluding tert-OH is 1. The van der Waals surface area contributed by atoms with Gasteiger partial charge in [0.25, 0.3) is 0 Å². The molecule has 0 saturated heterocycles. The molecule has 0 bridgehead atoms. The highest BCUT2D eigenvalue weighted by Crippen LogP contribution is 2.36. The largest absolute Gasteiger partial charge is 0.490 e. The third-order valence-electron chi connectivity index (χ3n) is 5.38. The predicted molar refractivity (Wildman–Crippen MR) is 145 cm³/mol. The van der Waals surface area contributed by atoms with Crippen molar-refractivity contribution in [2.24, 2.45) is 5.92 Å². The van der Waals surface area contributed by atoms with Crippen molar-refractivity contribution in [1.29, 1.82) is 0 Å². The Morgan fingerprint density at radius 3 is 2.73 bits per heavy atom. The second kappa shape index (κ2) is 12.3. The van der Waals surface area contributed by atoms with E-state index in [9.17, 15) is 9.18 Å². The van der Waals surface area contributed by atoms with E-state index in [1.54, 1.807) is 35.7 Å². The Morgan fingerprint density at radius 1 is 1.22 bits per heavy atom. The molecule has 3 aromatic heterocycles. The zero-order valence-electron chi connectivity index (χ0n) is 20.8. The fourth-order valence-corrected chi connectivity index (χ4v) is 5.56.